The summed E-state index contributed by atoms with van der Waals surface area (Å²) in [5.74, 6) is -0.0439. The topological polar surface area (TPSA) is 68.0 Å². The second-order valence-corrected chi connectivity index (χ2v) is 4.80. The number of amides is 1. The molecule has 0 bridgehead atoms. The summed E-state index contributed by atoms with van der Waals surface area (Å²) >= 11 is 0. The molecule has 0 aliphatic carbocycles. The molecule has 3 N–H and O–H groups in total. The van der Waals surface area contributed by atoms with Gasteiger partial charge in [0.2, 0.25) is 5.91 Å². The molecule has 0 aliphatic heterocycles. The van der Waals surface area contributed by atoms with E-state index in [1.807, 2.05) is 43.3 Å². The van der Waals surface area contributed by atoms with E-state index in [1.165, 1.54) is 0 Å². The maximum absolute atomic E-state index is 11.9. The summed E-state index contributed by atoms with van der Waals surface area (Å²) in [7, 11) is 0. The first-order valence-electron chi connectivity index (χ1n) is 6.63. The fraction of sp³-hybridized carbons (Fsp3) is 0.250. The number of carbonyl (C=O) groups is 1. The van der Waals surface area contributed by atoms with Crippen molar-refractivity contribution in [2.45, 2.75) is 25.9 Å². The number of nitrogens with one attached hydrogen (secondary N) is 1. The zero-order chi connectivity index (χ0) is 14.4. The lowest BCUT2D eigenvalue weighted by Gasteiger charge is -2.12. The van der Waals surface area contributed by atoms with Crippen LogP contribution in [0.25, 0.3) is 0 Å². The van der Waals surface area contributed by atoms with Crippen LogP contribution in [0.3, 0.4) is 0 Å². The lowest BCUT2D eigenvalue weighted by Crippen LogP contribution is -2.27. The second kappa shape index (κ2) is 8.39. The van der Waals surface area contributed by atoms with Gasteiger partial charge in [0.05, 0.1) is 0 Å². The van der Waals surface area contributed by atoms with Gasteiger partial charge in [-0.2, -0.15) is 0 Å². The summed E-state index contributed by atoms with van der Waals surface area (Å²) < 4.78 is 0. The van der Waals surface area contributed by atoms with Crippen molar-refractivity contribution >= 4 is 18.3 Å². The van der Waals surface area contributed by atoms with Gasteiger partial charge < -0.3 is 11.1 Å². The molecule has 0 saturated carbocycles. The first-order chi connectivity index (χ1) is 9.66. The van der Waals surface area contributed by atoms with Gasteiger partial charge >= 0.3 is 0 Å². The number of pyridine rings is 1. The minimum atomic E-state index is -0.269. The van der Waals surface area contributed by atoms with Crippen LogP contribution in [0, 0.1) is 6.92 Å². The van der Waals surface area contributed by atoms with Gasteiger partial charge in [0.25, 0.3) is 0 Å². The Morgan fingerprint density at radius 1 is 1.29 bits per heavy atom. The number of nitrogens with zero attached hydrogens (tertiary/aromatic N) is 1. The van der Waals surface area contributed by atoms with E-state index < -0.39 is 0 Å². The molecule has 1 atom stereocenters. The molecule has 1 heterocycles. The molecule has 1 unspecified atom stereocenters. The van der Waals surface area contributed by atoms with Gasteiger partial charge in [-0.05, 0) is 29.7 Å². The SMILES string of the molecule is Cc1cnccc1CNC(=O)CC(N)c1ccccc1.Cl. The van der Waals surface area contributed by atoms with Gasteiger partial charge in [-0.1, -0.05) is 30.3 Å². The Morgan fingerprint density at radius 3 is 2.67 bits per heavy atom. The van der Waals surface area contributed by atoms with Crippen molar-refractivity contribution in [3.63, 3.8) is 0 Å². The lowest BCUT2D eigenvalue weighted by molar-refractivity contribution is -0.121. The van der Waals surface area contributed by atoms with Crippen LogP contribution in [0.4, 0.5) is 0 Å². The molecule has 1 amide bonds. The average molecular weight is 306 g/mol. The molecular formula is C16H20ClN3O. The smallest absolute Gasteiger partial charge is 0.222 e. The molecule has 112 valence electrons. The van der Waals surface area contributed by atoms with Crippen LogP contribution < -0.4 is 11.1 Å². The van der Waals surface area contributed by atoms with Crippen LogP contribution >= 0.6 is 12.4 Å². The van der Waals surface area contributed by atoms with E-state index in [9.17, 15) is 4.79 Å². The van der Waals surface area contributed by atoms with Gasteiger partial charge in [-0.15, -0.1) is 12.4 Å². The zero-order valence-corrected chi connectivity index (χ0v) is 12.8. The van der Waals surface area contributed by atoms with E-state index in [4.69, 9.17) is 5.73 Å². The van der Waals surface area contributed by atoms with Crippen molar-refractivity contribution in [3.8, 4) is 0 Å². The Bertz CT molecular complexity index is 575. The van der Waals surface area contributed by atoms with Crippen LogP contribution in [0.1, 0.15) is 29.2 Å². The third-order valence-electron chi connectivity index (χ3n) is 3.25. The quantitative estimate of drug-likeness (QED) is 0.892. The summed E-state index contributed by atoms with van der Waals surface area (Å²) in [6.07, 6.45) is 3.80. The Morgan fingerprint density at radius 2 is 2.00 bits per heavy atom. The fourth-order valence-corrected chi connectivity index (χ4v) is 1.98. The number of nitrogens with two attached hydrogens (primary N) is 1. The van der Waals surface area contributed by atoms with E-state index in [-0.39, 0.29) is 30.8 Å². The van der Waals surface area contributed by atoms with Gasteiger partial charge in [0.1, 0.15) is 0 Å². The maximum atomic E-state index is 11.9. The van der Waals surface area contributed by atoms with Crippen molar-refractivity contribution in [2.75, 3.05) is 0 Å². The molecule has 5 heteroatoms. The summed E-state index contributed by atoms with van der Waals surface area (Å²) in [4.78, 5) is 15.9. The Hall–Kier alpha value is -1.91. The maximum Gasteiger partial charge on any atom is 0.222 e. The molecule has 21 heavy (non-hydrogen) atoms. The first kappa shape index (κ1) is 17.1. The summed E-state index contributed by atoms with van der Waals surface area (Å²) in [5.41, 5.74) is 9.14. The van der Waals surface area contributed by atoms with E-state index in [1.54, 1.807) is 12.4 Å². The van der Waals surface area contributed by atoms with Crippen molar-refractivity contribution in [1.82, 2.24) is 10.3 Å². The highest BCUT2D eigenvalue weighted by Crippen LogP contribution is 2.13. The number of rotatable bonds is 5. The van der Waals surface area contributed by atoms with Crippen molar-refractivity contribution in [2.24, 2.45) is 5.73 Å². The van der Waals surface area contributed by atoms with Crippen LogP contribution in [0.5, 0.6) is 0 Å². The minimum Gasteiger partial charge on any atom is -0.352 e. The molecule has 2 rings (SSSR count). The number of halogens is 1. The first-order valence-corrected chi connectivity index (χ1v) is 6.63. The van der Waals surface area contributed by atoms with E-state index in [0.717, 1.165) is 16.7 Å². The zero-order valence-electron chi connectivity index (χ0n) is 12.0. The highest BCUT2D eigenvalue weighted by atomic mass is 35.5. The van der Waals surface area contributed by atoms with Gasteiger partial charge in [0, 0.05) is 31.4 Å². The molecule has 2 aromatic rings. The second-order valence-electron chi connectivity index (χ2n) is 4.80. The normalized spacial score (nSPS) is 11.3. The Labute approximate surface area is 131 Å². The third-order valence-corrected chi connectivity index (χ3v) is 3.25. The predicted octanol–water partition coefficient (Wildman–Crippen LogP) is 2.52. The minimum absolute atomic E-state index is 0. The number of aromatic nitrogens is 1. The molecule has 0 radical (unpaired) electrons. The predicted molar refractivity (Wildman–Crippen MR) is 86.1 cm³/mol. The third kappa shape index (κ3) is 5.17. The molecule has 1 aromatic carbocycles. The molecule has 1 aromatic heterocycles. The average Bonchev–Trinajstić information content (AvgIpc) is 2.47. The lowest BCUT2D eigenvalue weighted by atomic mass is 10.0. The Balaban J connectivity index is 0.00000220. The molecule has 0 saturated heterocycles. The number of carbonyl (C=O) groups excluding carboxylic acids is 1. The number of hydrogen-bond acceptors (Lipinski definition) is 3. The van der Waals surface area contributed by atoms with Crippen molar-refractivity contribution in [1.29, 1.82) is 0 Å². The highest BCUT2D eigenvalue weighted by Gasteiger charge is 2.11. The molecular weight excluding hydrogens is 286 g/mol. The van der Waals surface area contributed by atoms with Crippen LogP contribution in [0.2, 0.25) is 0 Å². The molecule has 4 nitrogen and oxygen atoms in total. The van der Waals surface area contributed by atoms with Gasteiger partial charge in [-0.3, -0.25) is 9.78 Å². The molecule has 0 fully saturated rings. The highest BCUT2D eigenvalue weighted by molar-refractivity contribution is 5.85. The summed E-state index contributed by atoms with van der Waals surface area (Å²) in [5, 5.41) is 2.89. The summed E-state index contributed by atoms with van der Waals surface area (Å²) in [6, 6.07) is 11.3. The van der Waals surface area contributed by atoms with Crippen molar-refractivity contribution in [3.05, 3.63) is 65.5 Å². The monoisotopic (exact) mass is 305 g/mol. The standard InChI is InChI=1S/C16H19N3O.ClH/c1-12-10-18-8-7-14(12)11-19-16(20)9-15(17)13-5-3-2-4-6-13;/h2-8,10,15H,9,11,17H2,1H3,(H,19,20);1H. The van der Waals surface area contributed by atoms with E-state index in [0.29, 0.717) is 6.54 Å². The molecule has 0 aliphatic rings. The van der Waals surface area contributed by atoms with E-state index >= 15 is 0 Å². The number of benzene rings is 1. The van der Waals surface area contributed by atoms with Gasteiger partial charge in [0.15, 0.2) is 0 Å². The van der Waals surface area contributed by atoms with E-state index in [2.05, 4.69) is 10.3 Å². The van der Waals surface area contributed by atoms with Crippen LogP contribution in [-0.2, 0) is 11.3 Å². The van der Waals surface area contributed by atoms with Crippen LogP contribution in [-0.4, -0.2) is 10.9 Å². The largest absolute Gasteiger partial charge is 0.352 e. The number of hydrogen-bond donors (Lipinski definition) is 2. The number of aryl methyl sites for hydroxylation is 1. The van der Waals surface area contributed by atoms with Crippen LogP contribution in [0.15, 0.2) is 48.8 Å². The van der Waals surface area contributed by atoms with Gasteiger partial charge in [-0.25, -0.2) is 0 Å². The summed E-state index contributed by atoms with van der Waals surface area (Å²) in [6.45, 7) is 2.49. The molecule has 0 spiro atoms. The Kier molecular flexibility index (Phi) is 6.85. The fourth-order valence-electron chi connectivity index (χ4n) is 1.98. The van der Waals surface area contributed by atoms with Crippen molar-refractivity contribution < 1.29 is 4.79 Å².